The molecule has 36 heavy (non-hydrogen) atoms. The Bertz CT molecular complexity index is 879. The first-order chi connectivity index (χ1) is 17.1. The quantitative estimate of drug-likeness (QED) is 0.205. The van der Waals surface area contributed by atoms with Crippen LogP contribution in [0.25, 0.3) is 0 Å². The molecule has 0 aromatic heterocycles. The van der Waals surface area contributed by atoms with E-state index in [1.165, 1.54) is 32.0 Å². The maximum atomic E-state index is 13.9. The molecule has 0 amide bonds. The highest BCUT2D eigenvalue weighted by molar-refractivity contribution is 5.75. The van der Waals surface area contributed by atoms with E-state index in [1.54, 1.807) is 6.07 Å². The number of halogens is 4. The fourth-order valence-corrected chi connectivity index (χ4v) is 3.02. The molecule has 0 aliphatic heterocycles. The minimum atomic E-state index is -1.35. The number of aryl methyl sites for hydroxylation is 1. The Kier molecular flexibility index (Phi) is 18.7. The standard InChI is InChI=1S/C15H14F4N2.C7H14O2.2C2H6.CH4O/c1-3-8-4-5-12(9(16)6-8)21-15-13(19)10(17)7-11(18)14(15)20-2;1-7(2-3-7)4-6(9)5-8;3*1-2/h4-7,20-21H,3H2,1-2H3;6,8-9H,2-5H2,1H3;2*1-2H3;2H,1H3. The van der Waals surface area contributed by atoms with Crippen LogP contribution in [-0.4, -0.2) is 42.2 Å². The van der Waals surface area contributed by atoms with Gasteiger partial charge in [-0.1, -0.05) is 47.6 Å². The van der Waals surface area contributed by atoms with E-state index in [-0.39, 0.29) is 18.0 Å². The van der Waals surface area contributed by atoms with Gasteiger partial charge in [-0.2, -0.15) is 0 Å². The minimum absolute atomic E-state index is 0.0624. The van der Waals surface area contributed by atoms with Gasteiger partial charge in [-0.3, -0.25) is 0 Å². The van der Waals surface area contributed by atoms with Crippen molar-refractivity contribution in [2.45, 2.75) is 73.3 Å². The average molecular weight is 521 g/mol. The molecule has 0 radical (unpaired) electrons. The zero-order valence-corrected chi connectivity index (χ0v) is 22.8. The monoisotopic (exact) mass is 520 g/mol. The molecule has 208 valence electrons. The molecule has 0 saturated heterocycles. The Morgan fingerprint density at radius 1 is 0.917 bits per heavy atom. The molecule has 1 aliphatic carbocycles. The third-order valence-electron chi connectivity index (χ3n) is 5.17. The molecule has 0 heterocycles. The van der Waals surface area contributed by atoms with Crippen LogP contribution >= 0.6 is 0 Å². The van der Waals surface area contributed by atoms with Gasteiger partial charge in [0.2, 0.25) is 0 Å². The average Bonchev–Trinajstić information content (AvgIpc) is 3.63. The van der Waals surface area contributed by atoms with Crippen molar-refractivity contribution in [3.05, 3.63) is 53.1 Å². The summed E-state index contributed by atoms with van der Waals surface area (Å²) in [6.45, 7) is 11.9. The molecule has 5 nitrogen and oxygen atoms in total. The van der Waals surface area contributed by atoms with E-state index in [1.807, 2.05) is 34.6 Å². The Balaban J connectivity index is 0. The van der Waals surface area contributed by atoms with Crippen LogP contribution in [0.4, 0.5) is 34.6 Å². The lowest BCUT2D eigenvalue weighted by atomic mass is 10.0. The fraction of sp³-hybridized carbons (Fsp3) is 0.556. The first kappa shape index (κ1) is 35.8. The summed E-state index contributed by atoms with van der Waals surface area (Å²) in [6.07, 6.45) is 3.34. The molecule has 0 bridgehead atoms. The van der Waals surface area contributed by atoms with Gasteiger partial charge >= 0.3 is 0 Å². The first-order valence-corrected chi connectivity index (χ1v) is 12.3. The Hall–Kier alpha value is -2.36. The van der Waals surface area contributed by atoms with Crippen LogP contribution in [-0.2, 0) is 6.42 Å². The number of aliphatic hydroxyl groups is 3. The predicted molar refractivity (Wildman–Crippen MR) is 141 cm³/mol. The summed E-state index contributed by atoms with van der Waals surface area (Å²) < 4.78 is 54.6. The maximum absolute atomic E-state index is 13.9. The smallest absolute Gasteiger partial charge is 0.184 e. The third kappa shape index (κ3) is 11.6. The molecule has 1 aliphatic rings. The molecule has 2 aromatic rings. The second-order valence-electron chi connectivity index (χ2n) is 7.80. The lowest BCUT2D eigenvalue weighted by molar-refractivity contribution is 0.0727. The summed E-state index contributed by atoms with van der Waals surface area (Å²) in [4.78, 5) is 0. The van der Waals surface area contributed by atoms with Crippen molar-refractivity contribution in [3.63, 3.8) is 0 Å². The van der Waals surface area contributed by atoms with Crippen LogP contribution in [0.15, 0.2) is 24.3 Å². The number of benzene rings is 2. The van der Waals surface area contributed by atoms with Crippen LogP contribution in [0, 0.1) is 28.7 Å². The van der Waals surface area contributed by atoms with Crippen LogP contribution in [0.3, 0.4) is 0 Å². The Morgan fingerprint density at radius 2 is 1.47 bits per heavy atom. The number of rotatable bonds is 7. The van der Waals surface area contributed by atoms with E-state index in [4.69, 9.17) is 15.3 Å². The van der Waals surface area contributed by atoms with Crippen LogP contribution in [0.2, 0.25) is 0 Å². The highest BCUT2D eigenvalue weighted by Gasteiger charge is 2.38. The summed E-state index contributed by atoms with van der Waals surface area (Å²) in [5.74, 6) is -4.22. The van der Waals surface area contributed by atoms with Crippen LogP contribution in [0.5, 0.6) is 0 Å². The normalized spacial score (nSPS) is 13.1. The molecule has 1 saturated carbocycles. The zero-order chi connectivity index (χ0) is 28.5. The van der Waals surface area contributed by atoms with Crippen LogP contribution in [0.1, 0.15) is 66.4 Å². The van der Waals surface area contributed by atoms with Gasteiger partial charge in [-0.15, -0.1) is 0 Å². The highest BCUT2D eigenvalue weighted by Crippen LogP contribution is 2.48. The largest absolute Gasteiger partial charge is 0.400 e. The number of anilines is 3. The maximum Gasteiger partial charge on any atom is 0.184 e. The van der Waals surface area contributed by atoms with Crippen molar-refractivity contribution >= 4 is 17.1 Å². The fourth-order valence-electron chi connectivity index (χ4n) is 3.02. The second-order valence-corrected chi connectivity index (χ2v) is 7.80. The summed E-state index contributed by atoms with van der Waals surface area (Å²) in [7, 11) is 2.36. The molecule has 0 spiro atoms. The Labute approximate surface area is 213 Å². The van der Waals surface area contributed by atoms with Crippen molar-refractivity contribution in [2.24, 2.45) is 5.41 Å². The molecule has 9 heteroatoms. The number of nitrogens with one attached hydrogen (secondary N) is 2. The summed E-state index contributed by atoms with van der Waals surface area (Å²) >= 11 is 0. The molecule has 1 fully saturated rings. The van der Waals surface area contributed by atoms with Gasteiger partial charge in [-0.05, 0) is 48.8 Å². The molecular formula is C27H44F4N2O3. The summed E-state index contributed by atoms with van der Waals surface area (Å²) in [5.41, 5.74) is 0.318. The van der Waals surface area contributed by atoms with Crippen molar-refractivity contribution in [1.82, 2.24) is 0 Å². The summed E-state index contributed by atoms with van der Waals surface area (Å²) in [5, 5.41) is 29.3. The van der Waals surface area contributed by atoms with Gasteiger partial charge in [0.15, 0.2) is 17.5 Å². The highest BCUT2D eigenvalue weighted by atomic mass is 19.2. The number of hydrogen-bond donors (Lipinski definition) is 5. The predicted octanol–water partition coefficient (Wildman–Crippen LogP) is 6.78. The number of hydrogen-bond acceptors (Lipinski definition) is 5. The SMILES string of the molecule is CC.CC.CC1(CC(O)CO)CC1.CCc1ccc(Nc2c(F)c(F)cc(F)c2NC)c(F)c1.CO. The molecular weight excluding hydrogens is 476 g/mol. The van der Waals surface area contributed by atoms with E-state index >= 15 is 0 Å². The molecule has 1 unspecified atom stereocenters. The van der Waals surface area contributed by atoms with Gasteiger partial charge < -0.3 is 26.0 Å². The Morgan fingerprint density at radius 3 is 1.89 bits per heavy atom. The molecule has 3 rings (SSSR count). The van der Waals surface area contributed by atoms with Crippen molar-refractivity contribution in [2.75, 3.05) is 31.4 Å². The van der Waals surface area contributed by atoms with Gasteiger partial charge in [0, 0.05) is 20.2 Å². The minimum Gasteiger partial charge on any atom is -0.400 e. The van der Waals surface area contributed by atoms with Gasteiger partial charge in [0.05, 0.1) is 24.1 Å². The van der Waals surface area contributed by atoms with E-state index in [9.17, 15) is 17.6 Å². The second kappa shape index (κ2) is 18.8. The van der Waals surface area contributed by atoms with Gasteiger partial charge in [0.25, 0.3) is 0 Å². The van der Waals surface area contributed by atoms with E-state index in [0.29, 0.717) is 17.9 Å². The van der Waals surface area contributed by atoms with E-state index in [2.05, 4.69) is 17.6 Å². The summed E-state index contributed by atoms with van der Waals surface area (Å²) in [6, 6.07) is 4.77. The van der Waals surface area contributed by atoms with Crippen molar-refractivity contribution < 1.29 is 32.9 Å². The topological polar surface area (TPSA) is 84.8 Å². The van der Waals surface area contributed by atoms with E-state index < -0.39 is 35.1 Å². The van der Waals surface area contributed by atoms with Gasteiger partial charge in [-0.25, -0.2) is 17.6 Å². The third-order valence-corrected chi connectivity index (χ3v) is 5.17. The number of aliphatic hydroxyl groups excluding tert-OH is 3. The molecule has 5 N–H and O–H groups in total. The van der Waals surface area contributed by atoms with Crippen molar-refractivity contribution in [3.8, 4) is 0 Å². The van der Waals surface area contributed by atoms with Crippen LogP contribution < -0.4 is 10.6 Å². The van der Waals surface area contributed by atoms with Crippen molar-refractivity contribution in [1.29, 1.82) is 0 Å². The lowest BCUT2D eigenvalue weighted by Gasteiger charge is -2.15. The lowest BCUT2D eigenvalue weighted by Crippen LogP contribution is -2.16. The zero-order valence-electron chi connectivity index (χ0n) is 22.8. The van der Waals surface area contributed by atoms with E-state index in [0.717, 1.165) is 19.1 Å². The molecule has 1 atom stereocenters. The molecule has 2 aromatic carbocycles. The van der Waals surface area contributed by atoms with Gasteiger partial charge in [0.1, 0.15) is 11.5 Å². The first-order valence-electron chi connectivity index (χ1n) is 12.3.